The molecule has 1 aliphatic carbocycles. The molecule has 0 unspecified atom stereocenters. The Bertz CT molecular complexity index is 2450. The van der Waals surface area contributed by atoms with Gasteiger partial charge in [-0.05, 0) is 82.6 Å². The minimum absolute atomic E-state index is 0.159. The van der Waals surface area contributed by atoms with Crippen LogP contribution in [0, 0.1) is 0 Å². The molecule has 0 bridgehead atoms. The van der Waals surface area contributed by atoms with Gasteiger partial charge in [0, 0.05) is 33.2 Å². The second kappa shape index (κ2) is 11.9. The number of allylic oxidation sites excluding steroid dienone is 2. The number of anilines is 2. The highest BCUT2D eigenvalue weighted by Gasteiger charge is 2.23. The van der Waals surface area contributed by atoms with Crippen molar-refractivity contribution in [2.75, 3.05) is 4.90 Å². The van der Waals surface area contributed by atoms with Gasteiger partial charge in [-0.25, -0.2) is 0 Å². The number of rotatable bonds is 6. The maximum absolute atomic E-state index is 2.54. The Morgan fingerprint density at radius 1 is 0.500 bits per heavy atom. The summed E-state index contributed by atoms with van der Waals surface area (Å²) in [7, 11) is 0. The van der Waals surface area contributed by atoms with E-state index in [1.54, 1.807) is 0 Å². The molecule has 0 spiro atoms. The highest BCUT2D eigenvalue weighted by molar-refractivity contribution is 6.15. The van der Waals surface area contributed by atoms with Gasteiger partial charge in [-0.15, -0.1) is 0 Å². The summed E-state index contributed by atoms with van der Waals surface area (Å²) in [6, 6.07) is 61.6. The number of fused-ring (bicyclic) bond motifs is 4. The molecule has 8 aromatic rings. The minimum Gasteiger partial charge on any atom is -0.334 e. The van der Waals surface area contributed by atoms with E-state index in [4.69, 9.17) is 0 Å². The van der Waals surface area contributed by atoms with Gasteiger partial charge in [0.15, 0.2) is 0 Å². The molecule has 1 heterocycles. The summed E-state index contributed by atoms with van der Waals surface area (Å²) in [6.45, 7) is 0. The molecule has 2 nitrogen and oxygen atoms in total. The zero-order valence-corrected chi connectivity index (χ0v) is 26.6. The standard InChI is InChI=1S/C46H34N2/c1-4-13-33(14-5-1)35-23-27-39(28-24-35)47(40-29-25-36(26-30-40)34-15-6-2-7-16-34)45-22-12-17-37-31-46-43(32-42(37)45)41-20-10-11-21-44(41)48(46)38-18-8-3-9-19-38/h1-29,31-32,40H,30H2/t40-/m1/s1. The molecule has 0 fully saturated rings. The second-order valence-corrected chi connectivity index (χ2v) is 12.5. The van der Waals surface area contributed by atoms with Crippen LogP contribution in [0.3, 0.4) is 0 Å². The van der Waals surface area contributed by atoms with Crippen LogP contribution in [0.2, 0.25) is 0 Å². The van der Waals surface area contributed by atoms with Crippen molar-refractivity contribution in [3.63, 3.8) is 0 Å². The van der Waals surface area contributed by atoms with E-state index in [0.717, 1.165) is 6.42 Å². The van der Waals surface area contributed by atoms with Crippen molar-refractivity contribution in [1.82, 2.24) is 4.57 Å². The molecule has 0 aliphatic heterocycles. The third kappa shape index (κ3) is 4.90. The number of hydrogen-bond acceptors (Lipinski definition) is 1. The zero-order chi connectivity index (χ0) is 31.9. The van der Waals surface area contributed by atoms with Gasteiger partial charge >= 0.3 is 0 Å². The summed E-state index contributed by atoms with van der Waals surface area (Å²) < 4.78 is 2.40. The third-order valence-corrected chi connectivity index (χ3v) is 9.69. The fourth-order valence-corrected chi connectivity index (χ4v) is 7.39. The number of para-hydroxylation sites is 2. The SMILES string of the molecule is C1=C[C@@H](N(c2ccc(-c3ccccc3)cc2)c2cccc3cc4c(cc23)c2ccccc2n4-c2ccccc2)CC=C1c1ccccc1. The lowest BCUT2D eigenvalue weighted by atomic mass is 9.94. The van der Waals surface area contributed by atoms with E-state index in [1.807, 2.05) is 0 Å². The first kappa shape index (κ1) is 28.1. The molecule has 1 atom stereocenters. The number of benzene rings is 7. The first-order valence-electron chi connectivity index (χ1n) is 16.7. The van der Waals surface area contributed by atoms with E-state index in [2.05, 4.69) is 198 Å². The van der Waals surface area contributed by atoms with Gasteiger partial charge in [-0.2, -0.15) is 0 Å². The molecule has 1 aromatic heterocycles. The summed E-state index contributed by atoms with van der Waals surface area (Å²) in [5.41, 5.74) is 11.0. The van der Waals surface area contributed by atoms with Crippen molar-refractivity contribution in [3.8, 4) is 16.8 Å². The zero-order valence-electron chi connectivity index (χ0n) is 26.6. The van der Waals surface area contributed by atoms with E-state index >= 15 is 0 Å². The monoisotopic (exact) mass is 614 g/mol. The molecule has 228 valence electrons. The normalized spacial score (nSPS) is 14.4. The van der Waals surface area contributed by atoms with Gasteiger partial charge in [0.2, 0.25) is 0 Å². The van der Waals surface area contributed by atoms with Gasteiger partial charge in [0.05, 0.1) is 17.1 Å². The summed E-state index contributed by atoms with van der Waals surface area (Å²) in [6.07, 6.45) is 7.98. The van der Waals surface area contributed by atoms with Gasteiger partial charge < -0.3 is 9.47 Å². The van der Waals surface area contributed by atoms with Crippen LogP contribution in [0.15, 0.2) is 188 Å². The number of aromatic nitrogens is 1. The Morgan fingerprint density at radius 3 is 1.90 bits per heavy atom. The average Bonchev–Trinajstić information content (AvgIpc) is 3.49. The van der Waals surface area contributed by atoms with Crippen LogP contribution in [0.25, 0.3) is 55.0 Å². The van der Waals surface area contributed by atoms with E-state index in [1.165, 1.54) is 71.9 Å². The lowest BCUT2D eigenvalue weighted by Gasteiger charge is -2.34. The maximum Gasteiger partial charge on any atom is 0.0560 e. The van der Waals surface area contributed by atoms with Gasteiger partial charge in [-0.3, -0.25) is 0 Å². The first-order chi connectivity index (χ1) is 23.8. The maximum atomic E-state index is 2.54. The number of nitrogens with zero attached hydrogens (tertiary/aromatic N) is 2. The Hall–Kier alpha value is -6.12. The largest absolute Gasteiger partial charge is 0.334 e. The highest BCUT2D eigenvalue weighted by Crippen LogP contribution is 2.41. The molecule has 0 saturated heterocycles. The Kier molecular flexibility index (Phi) is 6.98. The van der Waals surface area contributed by atoms with Crippen LogP contribution >= 0.6 is 0 Å². The average molecular weight is 615 g/mol. The van der Waals surface area contributed by atoms with Crippen molar-refractivity contribution in [1.29, 1.82) is 0 Å². The van der Waals surface area contributed by atoms with Crippen molar-refractivity contribution in [2.45, 2.75) is 12.5 Å². The molecule has 1 aliphatic rings. The molecule has 2 heteroatoms. The van der Waals surface area contributed by atoms with Crippen LogP contribution in [0.4, 0.5) is 11.4 Å². The quantitative estimate of drug-likeness (QED) is 0.181. The molecule has 0 radical (unpaired) electrons. The molecule has 0 saturated carbocycles. The molecule has 0 amide bonds. The highest BCUT2D eigenvalue weighted by atomic mass is 15.2. The van der Waals surface area contributed by atoms with Crippen LogP contribution in [0.1, 0.15) is 12.0 Å². The van der Waals surface area contributed by atoms with E-state index < -0.39 is 0 Å². The fourth-order valence-electron chi connectivity index (χ4n) is 7.39. The molecule has 9 rings (SSSR count). The Labute approximate surface area is 281 Å². The van der Waals surface area contributed by atoms with Crippen LogP contribution < -0.4 is 4.90 Å². The molecule has 0 N–H and O–H groups in total. The molecule has 7 aromatic carbocycles. The van der Waals surface area contributed by atoms with E-state index in [9.17, 15) is 0 Å². The minimum atomic E-state index is 0.159. The van der Waals surface area contributed by atoms with Crippen LogP contribution in [-0.4, -0.2) is 10.6 Å². The summed E-state index contributed by atoms with van der Waals surface area (Å²) in [5.74, 6) is 0. The molecular weight excluding hydrogens is 581 g/mol. The second-order valence-electron chi connectivity index (χ2n) is 12.5. The summed E-state index contributed by atoms with van der Waals surface area (Å²) in [4.78, 5) is 2.54. The smallest absolute Gasteiger partial charge is 0.0560 e. The van der Waals surface area contributed by atoms with Crippen LogP contribution in [0.5, 0.6) is 0 Å². The predicted molar refractivity (Wildman–Crippen MR) is 204 cm³/mol. The summed E-state index contributed by atoms with van der Waals surface area (Å²) >= 11 is 0. The van der Waals surface area contributed by atoms with E-state index in [0.29, 0.717) is 0 Å². The van der Waals surface area contributed by atoms with Crippen LogP contribution in [-0.2, 0) is 0 Å². The molecule has 48 heavy (non-hydrogen) atoms. The lowest BCUT2D eigenvalue weighted by Crippen LogP contribution is -2.30. The predicted octanol–water partition coefficient (Wildman–Crippen LogP) is 12.2. The topological polar surface area (TPSA) is 8.17 Å². The van der Waals surface area contributed by atoms with Crippen molar-refractivity contribution < 1.29 is 0 Å². The molecular formula is C46H34N2. The fraction of sp³-hybridized carbons (Fsp3) is 0.0435. The summed E-state index contributed by atoms with van der Waals surface area (Å²) in [5, 5.41) is 5.00. The van der Waals surface area contributed by atoms with Gasteiger partial charge in [0.25, 0.3) is 0 Å². The van der Waals surface area contributed by atoms with Crippen molar-refractivity contribution in [2.24, 2.45) is 0 Å². The third-order valence-electron chi connectivity index (χ3n) is 9.69. The van der Waals surface area contributed by atoms with Crippen molar-refractivity contribution in [3.05, 3.63) is 194 Å². The van der Waals surface area contributed by atoms with E-state index in [-0.39, 0.29) is 6.04 Å². The van der Waals surface area contributed by atoms with Gasteiger partial charge in [-0.1, -0.05) is 140 Å². The lowest BCUT2D eigenvalue weighted by molar-refractivity contribution is 0.789. The van der Waals surface area contributed by atoms with Crippen molar-refractivity contribution >= 4 is 49.5 Å². The Balaban J connectivity index is 1.22. The Morgan fingerprint density at radius 2 is 1.17 bits per heavy atom. The number of hydrogen-bond donors (Lipinski definition) is 0. The first-order valence-corrected chi connectivity index (χ1v) is 16.7. The van der Waals surface area contributed by atoms with Gasteiger partial charge in [0.1, 0.15) is 0 Å².